The van der Waals surface area contributed by atoms with Gasteiger partial charge in [0.15, 0.2) is 0 Å². The molecular weight excluding hydrogens is 408 g/mol. The molecule has 0 unspecified atom stereocenters. The predicted molar refractivity (Wildman–Crippen MR) is 123 cm³/mol. The van der Waals surface area contributed by atoms with E-state index in [1.807, 2.05) is 79.0 Å². The molecular formula is C25H22N2O3S. The summed E-state index contributed by atoms with van der Waals surface area (Å²) in [6.45, 7) is 2.75. The SMILES string of the molecule is Cc1nc(COc2cccc(/C=C/C(=O)N(Cc3ccco3)c3ccccc3)c2)cs1. The van der Waals surface area contributed by atoms with E-state index in [9.17, 15) is 4.79 Å². The van der Waals surface area contributed by atoms with Gasteiger partial charge in [-0.2, -0.15) is 0 Å². The molecule has 4 aromatic rings. The minimum Gasteiger partial charge on any atom is -0.487 e. The summed E-state index contributed by atoms with van der Waals surface area (Å²) < 4.78 is 11.3. The van der Waals surface area contributed by atoms with E-state index in [2.05, 4.69) is 4.98 Å². The highest BCUT2D eigenvalue weighted by Crippen LogP contribution is 2.20. The van der Waals surface area contributed by atoms with Crippen LogP contribution in [0.2, 0.25) is 0 Å². The number of carbonyl (C=O) groups excluding carboxylic acids is 1. The largest absolute Gasteiger partial charge is 0.487 e. The van der Waals surface area contributed by atoms with Gasteiger partial charge in [0.25, 0.3) is 5.91 Å². The number of nitrogens with zero attached hydrogens (tertiary/aromatic N) is 2. The molecule has 156 valence electrons. The third kappa shape index (κ3) is 5.71. The van der Waals surface area contributed by atoms with E-state index in [0.717, 1.165) is 33.5 Å². The number of rotatable bonds is 8. The molecule has 0 saturated carbocycles. The molecule has 2 heterocycles. The Kier molecular flexibility index (Phi) is 6.59. The Morgan fingerprint density at radius 1 is 1.13 bits per heavy atom. The number of aromatic nitrogens is 1. The fraction of sp³-hybridized carbons (Fsp3) is 0.120. The van der Waals surface area contributed by atoms with Crippen molar-refractivity contribution in [1.82, 2.24) is 4.98 Å². The summed E-state index contributed by atoms with van der Waals surface area (Å²) in [6, 6.07) is 20.9. The van der Waals surface area contributed by atoms with Crippen molar-refractivity contribution in [2.75, 3.05) is 4.90 Å². The van der Waals surface area contributed by atoms with Crippen molar-refractivity contribution in [1.29, 1.82) is 0 Å². The molecule has 0 aliphatic heterocycles. The molecule has 0 atom stereocenters. The second-order valence-corrected chi connectivity index (χ2v) is 7.95. The molecule has 0 aliphatic rings. The summed E-state index contributed by atoms with van der Waals surface area (Å²) in [5, 5.41) is 3.01. The lowest BCUT2D eigenvalue weighted by molar-refractivity contribution is -0.114. The van der Waals surface area contributed by atoms with Crippen LogP contribution in [0, 0.1) is 6.92 Å². The number of aryl methyl sites for hydroxylation is 1. The first-order valence-electron chi connectivity index (χ1n) is 9.88. The lowest BCUT2D eigenvalue weighted by Gasteiger charge is -2.20. The van der Waals surface area contributed by atoms with Gasteiger partial charge in [0.1, 0.15) is 18.1 Å². The third-order valence-electron chi connectivity index (χ3n) is 4.56. The monoisotopic (exact) mass is 430 g/mol. The average molecular weight is 431 g/mol. The van der Waals surface area contributed by atoms with Crippen molar-refractivity contribution >= 4 is 29.0 Å². The molecule has 4 rings (SSSR count). The maximum atomic E-state index is 13.0. The number of carbonyl (C=O) groups is 1. The standard InChI is InChI=1S/C25H22N2O3S/c1-19-26-21(18-31-19)17-30-23-10-5-7-20(15-23)12-13-25(28)27(16-24-11-6-14-29-24)22-8-3-2-4-9-22/h2-15,18H,16-17H2,1H3/b13-12+. The number of hydrogen-bond acceptors (Lipinski definition) is 5. The van der Waals surface area contributed by atoms with Crippen molar-refractivity contribution < 1.29 is 13.9 Å². The molecule has 2 aromatic carbocycles. The molecule has 0 bridgehead atoms. The number of thiazole rings is 1. The van der Waals surface area contributed by atoms with E-state index in [4.69, 9.17) is 9.15 Å². The van der Waals surface area contributed by atoms with Crippen LogP contribution < -0.4 is 9.64 Å². The van der Waals surface area contributed by atoms with Crippen LogP contribution in [0.1, 0.15) is 22.0 Å². The molecule has 6 heteroatoms. The first kappa shape index (κ1) is 20.6. The first-order chi connectivity index (χ1) is 15.2. The average Bonchev–Trinajstić information content (AvgIpc) is 3.47. The van der Waals surface area contributed by atoms with Crippen LogP contribution in [0.5, 0.6) is 5.75 Å². The van der Waals surface area contributed by atoms with Gasteiger partial charge in [-0.25, -0.2) is 4.98 Å². The molecule has 0 fully saturated rings. The second kappa shape index (κ2) is 9.91. The number of furan rings is 1. The number of amides is 1. The van der Waals surface area contributed by atoms with Gasteiger partial charge in [-0.1, -0.05) is 30.3 Å². The summed E-state index contributed by atoms with van der Waals surface area (Å²) in [5.74, 6) is 1.32. The summed E-state index contributed by atoms with van der Waals surface area (Å²) in [7, 11) is 0. The van der Waals surface area contributed by atoms with Crippen molar-refractivity contribution in [3.05, 3.63) is 106 Å². The quantitative estimate of drug-likeness (QED) is 0.328. The Balaban J connectivity index is 1.46. The van der Waals surface area contributed by atoms with Gasteiger partial charge in [0.05, 0.1) is 23.5 Å². The smallest absolute Gasteiger partial charge is 0.251 e. The summed E-state index contributed by atoms with van der Waals surface area (Å²) in [5.41, 5.74) is 2.60. The number of hydrogen-bond donors (Lipinski definition) is 0. The molecule has 0 aliphatic carbocycles. The van der Waals surface area contributed by atoms with Crippen molar-refractivity contribution in [3.63, 3.8) is 0 Å². The maximum Gasteiger partial charge on any atom is 0.251 e. The van der Waals surface area contributed by atoms with Gasteiger partial charge in [-0.05, 0) is 55.0 Å². The first-order valence-corrected chi connectivity index (χ1v) is 10.8. The van der Waals surface area contributed by atoms with E-state index in [-0.39, 0.29) is 5.91 Å². The number of anilines is 1. The summed E-state index contributed by atoms with van der Waals surface area (Å²) >= 11 is 1.60. The zero-order valence-corrected chi connectivity index (χ0v) is 17.9. The van der Waals surface area contributed by atoms with Gasteiger partial charge in [0.2, 0.25) is 0 Å². The molecule has 0 spiro atoms. The van der Waals surface area contributed by atoms with Gasteiger partial charge >= 0.3 is 0 Å². The van der Waals surface area contributed by atoms with Crippen LogP contribution in [0.25, 0.3) is 6.08 Å². The zero-order chi connectivity index (χ0) is 21.5. The third-order valence-corrected chi connectivity index (χ3v) is 5.38. The highest BCUT2D eigenvalue weighted by Gasteiger charge is 2.15. The molecule has 0 N–H and O–H groups in total. The Morgan fingerprint density at radius 2 is 2.00 bits per heavy atom. The van der Waals surface area contributed by atoms with Crippen LogP contribution >= 0.6 is 11.3 Å². The lowest BCUT2D eigenvalue weighted by Crippen LogP contribution is -2.28. The van der Waals surface area contributed by atoms with Gasteiger partial charge in [-0.3, -0.25) is 4.79 Å². The second-order valence-electron chi connectivity index (χ2n) is 6.89. The van der Waals surface area contributed by atoms with Crippen LogP contribution in [-0.4, -0.2) is 10.9 Å². The fourth-order valence-corrected chi connectivity index (χ4v) is 3.66. The Morgan fingerprint density at radius 3 is 2.74 bits per heavy atom. The van der Waals surface area contributed by atoms with Crippen LogP contribution in [-0.2, 0) is 17.9 Å². The van der Waals surface area contributed by atoms with Gasteiger partial charge in [-0.15, -0.1) is 11.3 Å². The lowest BCUT2D eigenvalue weighted by atomic mass is 10.2. The maximum absolute atomic E-state index is 13.0. The highest BCUT2D eigenvalue weighted by atomic mass is 32.1. The van der Waals surface area contributed by atoms with Crippen LogP contribution in [0.3, 0.4) is 0 Å². The van der Waals surface area contributed by atoms with Gasteiger partial charge < -0.3 is 14.1 Å². The van der Waals surface area contributed by atoms with Crippen LogP contribution in [0.15, 0.2) is 88.9 Å². The fourth-order valence-electron chi connectivity index (χ4n) is 3.06. The van der Waals surface area contributed by atoms with E-state index in [1.54, 1.807) is 34.7 Å². The van der Waals surface area contributed by atoms with Crippen LogP contribution in [0.4, 0.5) is 5.69 Å². The molecule has 5 nitrogen and oxygen atoms in total. The van der Waals surface area contributed by atoms with E-state index >= 15 is 0 Å². The van der Waals surface area contributed by atoms with Gasteiger partial charge in [0, 0.05) is 17.1 Å². The Hall–Kier alpha value is -3.64. The molecule has 1 amide bonds. The highest BCUT2D eigenvalue weighted by molar-refractivity contribution is 7.09. The zero-order valence-electron chi connectivity index (χ0n) is 17.1. The molecule has 0 radical (unpaired) electrons. The molecule has 31 heavy (non-hydrogen) atoms. The number of para-hydroxylation sites is 1. The molecule has 2 aromatic heterocycles. The van der Waals surface area contributed by atoms with E-state index in [0.29, 0.717) is 13.2 Å². The van der Waals surface area contributed by atoms with E-state index < -0.39 is 0 Å². The minimum absolute atomic E-state index is 0.133. The Labute approximate surface area is 185 Å². The molecule has 0 saturated heterocycles. The van der Waals surface area contributed by atoms with Crippen molar-refractivity contribution in [2.24, 2.45) is 0 Å². The topological polar surface area (TPSA) is 55.6 Å². The predicted octanol–water partition coefficient (Wildman–Crippen LogP) is 5.87. The number of ether oxygens (including phenoxy) is 1. The normalized spacial score (nSPS) is 11.0. The number of benzene rings is 2. The minimum atomic E-state index is -0.133. The van der Waals surface area contributed by atoms with Crippen molar-refractivity contribution in [3.8, 4) is 5.75 Å². The van der Waals surface area contributed by atoms with Crippen molar-refractivity contribution in [2.45, 2.75) is 20.1 Å². The Bertz CT molecular complexity index is 1150. The summed E-state index contributed by atoms with van der Waals surface area (Å²) in [4.78, 5) is 19.1. The van der Waals surface area contributed by atoms with E-state index in [1.165, 1.54) is 0 Å². The summed E-state index contributed by atoms with van der Waals surface area (Å²) in [6.07, 6.45) is 4.97.